The van der Waals surface area contributed by atoms with Gasteiger partial charge in [-0.15, -0.1) is 0 Å². The highest BCUT2D eigenvalue weighted by atomic mass is 31.2. The minimum absolute atomic E-state index is 0.0567. The molecule has 8 aromatic carbocycles. The van der Waals surface area contributed by atoms with E-state index in [2.05, 4.69) is 50.6 Å². The molecule has 0 saturated carbocycles. The maximum atomic E-state index is 14.8. The summed E-state index contributed by atoms with van der Waals surface area (Å²) in [6.45, 7) is 16.1. The number of ether oxygens (including phenoxy) is 15. The highest BCUT2D eigenvalue weighted by Crippen LogP contribution is 2.48. The molecule has 0 aliphatic carbocycles. The zero-order chi connectivity index (χ0) is 85.6. The van der Waals surface area contributed by atoms with Gasteiger partial charge in [0.1, 0.15) is 66.9 Å². The maximum absolute atomic E-state index is 14.8. The van der Waals surface area contributed by atoms with Crippen LogP contribution in [0.1, 0.15) is 162 Å². The summed E-state index contributed by atoms with van der Waals surface area (Å²) in [6.07, 6.45) is -10.2. The summed E-state index contributed by atoms with van der Waals surface area (Å²) in [5.41, 5.74) is 2.89. The van der Waals surface area contributed by atoms with Crippen molar-refractivity contribution in [2.75, 3.05) is 67.1 Å². The van der Waals surface area contributed by atoms with Crippen molar-refractivity contribution in [1.82, 2.24) is 4.67 Å². The maximum Gasteiger partial charge on any atom is 0.338 e. The molecule has 16 unspecified atom stereocenters. The van der Waals surface area contributed by atoms with Crippen molar-refractivity contribution >= 4 is 38.4 Å². The van der Waals surface area contributed by atoms with Crippen molar-refractivity contribution in [2.24, 2.45) is 23.7 Å². The molecule has 3 heterocycles. The van der Waals surface area contributed by atoms with Crippen molar-refractivity contribution in [3.8, 4) is 17.6 Å². The molecule has 24 nitrogen and oxygen atoms in total. The van der Waals surface area contributed by atoms with E-state index in [0.29, 0.717) is 62.4 Å². The lowest BCUT2D eigenvalue weighted by Gasteiger charge is -2.51. The third-order valence-corrected chi connectivity index (χ3v) is 24.0. The van der Waals surface area contributed by atoms with E-state index in [1.807, 2.05) is 93.6 Å². The second-order valence-electron chi connectivity index (χ2n) is 30.8. The van der Waals surface area contributed by atoms with Gasteiger partial charge in [-0.2, -0.15) is 5.26 Å². The number of esters is 5. The summed E-state index contributed by atoms with van der Waals surface area (Å²) < 4.78 is 114. The first-order valence-corrected chi connectivity index (χ1v) is 42.8. The zero-order valence-corrected chi connectivity index (χ0v) is 71.4. The Morgan fingerprint density at radius 3 is 1.20 bits per heavy atom. The van der Waals surface area contributed by atoms with Crippen molar-refractivity contribution in [3.05, 3.63) is 275 Å². The predicted molar refractivity (Wildman–Crippen MR) is 452 cm³/mol. The first kappa shape index (κ1) is 91.9. The Balaban J connectivity index is 0.904. The van der Waals surface area contributed by atoms with Crippen LogP contribution in [0.4, 0.5) is 0 Å². The number of benzene rings is 8. The van der Waals surface area contributed by atoms with E-state index in [-0.39, 0.29) is 67.2 Å². The average molecular weight is 1680 g/mol. The molecule has 0 bridgehead atoms. The molecule has 11 rings (SSSR count). The van der Waals surface area contributed by atoms with Gasteiger partial charge in [0.25, 0.3) is 8.53 Å². The van der Waals surface area contributed by atoms with Crippen molar-refractivity contribution in [1.29, 1.82) is 5.26 Å². The van der Waals surface area contributed by atoms with E-state index in [1.165, 1.54) is 0 Å². The molecule has 0 radical (unpaired) electrons. The highest BCUT2D eigenvalue weighted by Gasteiger charge is 2.56. The van der Waals surface area contributed by atoms with E-state index < -0.39 is 149 Å². The number of nitrogens with zero attached hydrogens (tertiary/aromatic N) is 2. The number of carbonyl (C=O) groups is 5. The van der Waals surface area contributed by atoms with E-state index in [1.54, 1.807) is 167 Å². The summed E-state index contributed by atoms with van der Waals surface area (Å²) in [5, 5.41) is 9.30. The number of carbonyl (C=O) groups excluding carboxylic acids is 5. The minimum atomic E-state index is -1.46. The third-order valence-electron chi connectivity index (χ3n) is 21.9. The number of hydrogen-bond acceptors (Lipinski definition) is 24. The van der Waals surface area contributed by atoms with Gasteiger partial charge in [0.2, 0.25) is 0 Å². The van der Waals surface area contributed by atoms with Gasteiger partial charge in [-0.3, -0.25) is 0 Å². The standard InChI is InChI=1S/C96H113N2O22P/c1-64(2)98(65(3)4)121(112-60-34-55-97)111-59-33-32-56-106-61-80-83(116-90(101)72-39-22-13-23-40-72)66(5)67(6)94(114-80)119-85-69(8)95(115-82(63-109-89(100)71-37-20-12-21-38-71)87(85)118-92(103)74-43-26-15-27-44-74)120-84-68(7)93(113-81(62-108-88(99)70-35-18-11-19-36-70)86(84)117-91(102)73-41-24-14-25-42-73)107-57-30-17-31-58-110-96(75-45-28-16-29-46-75,76-47-51-78(104-9)52-48-76)77-49-53-79(105-10)54-50-77/h11-16,18-29,35-54,64-69,80-87,93-95H,17,30-34,56-63H2,1-10H3. The SMILES string of the molecule is COc1ccc(C(OCCCCCOC2OC(COC(=O)c3ccccc3)C(OC(=O)c3ccccc3)C(OC3OC(COC(=O)c4ccccc4)C(OC(=O)c4ccccc4)C(OC4OC(COCCCCOP(OCCC#N)N(C(C)C)C(C)C)C(OC(=O)c5ccccc5)C(C)C4C)C3C)C2C)(c2ccccc2)c2ccc(OC)cc2)cc1. The number of methoxy groups -OCH3 is 2. The van der Waals surface area contributed by atoms with Crippen molar-refractivity contribution in [3.63, 3.8) is 0 Å². The second-order valence-corrected chi connectivity index (χ2v) is 32.3. The fourth-order valence-corrected chi connectivity index (χ4v) is 16.8. The van der Waals surface area contributed by atoms with E-state index in [0.717, 1.165) is 16.7 Å². The lowest BCUT2D eigenvalue weighted by molar-refractivity contribution is -0.361. The number of unbranched alkanes of at least 4 members (excludes halogenated alkanes) is 3. The van der Waals surface area contributed by atoms with Crippen LogP contribution < -0.4 is 9.47 Å². The molecular formula is C96H113N2O22P. The lowest BCUT2D eigenvalue weighted by Crippen LogP contribution is -2.64. The Morgan fingerprint density at radius 1 is 0.397 bits per heavy atom. The van der Waals surface area contributed by atoms with Crippen molar-refractivity contribution in [2.45, 2.75) is 179 Å². The van der Waals surface area contributed by atoms with Crippen LogP contribution in [0.2, 0.25) is 0 Å². The van der Waals surface area contributed by atoms with Crippen LogP contribution in [0, 0.1) is 35.0 Å². The molecule has 0 N–H and O–H groups in total. The molecule has 3 saturated heterocycles. The quantitative estimate of drug-likeness (QED) is 0.0113. The van der Waals surface area contributed by atoms with Crippen LogP contribution in [0.5, 0.6) is 11.5 Å². The molecule has 3 aliphatic rings. The molecule has 121 heavy (non-hydrogen) atoms. The van der Waals surface area contributed by atoms with E-state index >= 15 is 0 Å². The van der Waals surface area contributed by atoms with Crippen LogP contribution in [0.15, 0.2) is 231 Å². The summed E-state index contributed by atoms with van der Waals surface area (Å²) in [5.74, 6) is -4.90. The molecule has 8 aromatic rings. The predicted octanol–water partition coefficient (Wildman–Crippen LogP) is 17.2. The molecule has 644 valence electrons. The number of rotatable bonds is 43. The molecule has 0 aromatic heterocycles. The lowest BCUT2D eigenvalue weighted by atomic mass is 9.80. The fourth-order valence-electron chi connectivity index (χ4n) is 15.2. The smallest absolute Gasteiger partial charge is 0.338 e. The molecule has 0 spiro atoms. The minimum Gasteiger partial charge on any atom is -0.497 e. The topological polar surface area (TPSA) is 269 Å². The number of hydrogen-bond donors (Lipinski definition) is 0. The third kappa shape index (κ3) is 24.8. The van der Waals surface area contributed by atoms with E-state index in [9.17, 15) is 29.2 Å². The Morgan fingerprint density at radius 2 is 0.760 bits per heavy atom. The summed E-state index contributed by atoms with van der Waals surface area (Å²) in [6, 6.07) is 70.5. The first-order valence-electron chi connectivity index (χ1n) is 41.7. The summed E-state index contributed by atoms with van der Waals surface area (Å²) in [7, 11) is 1.80. The number of nitriles is 1. The van der Waals surface area contributed by atoms with Crippen LogP contribution in [-0.2, 0) is 76.2 Å². The van der Waals surface area contributed by atoms with Gasteiger partial charge in [-0.25, -0.2) is 28.6 Å². The molecular weight excluding hydrogens is 1560 g/mol. The Labute approximate surface area is 711 Å². The van der Waals surface area contributed by atoms with Gasteiger partial charge in [-0.1, -0.05) is 173 Å². The van der Waals surface area contributed by atoms with Crippen molar-refractivity contribution < 1.29 is 104 Å². The van der Waals surface area contributed by atoms with Crippen LogP contribution in [0.25, 0.3) is 0 Å². The Bertz CT molecular complexity index is 4440. The van der Waals surface area contributed by atoms with Gasteiger partial charge in [0, 0.05) is 55.6 Å². The van der Waals surface area contributed by atoms with Crippen LogP contribution >= 0.6 is 8.53 Å². The second kappa shape index (κ2) is 46.4. The largest absolute Gasteiger partial charge is 0.497 e. The summed E-state index contributed by atoms with van der Waals surface area (Å²) >= 11 is 0. The molecule has 3 aliphatic heterocycles. The van der Waals surface area contributed by atoms with E-state index in [4.69, 9.17) is 80.1 Å². The Kier molecular flexibility index (Phi) is 35.3. The molecule has 0 amide bonds. The van der Waals surface area contributed by atoms with Gasteiger partial charge in [0.05, 0.1) is 74.3 Å². The monoisotopic (exact) mass is 1680 g/mol. The first-order chi connectivity index (χ1) is 58.8. The molecule has 3 fully saturated rings. The highest BCUT2D eigenvalue weighted by molar-refractivity contribution is 7.44. The van der Waals surface area contributed by atoms with Crippen LogP contribution in [-0.4, -0.2) is 181 Å². The van der Waals surface area contributed by atoms with Gasteiger partial charge >= 0.3 is 29.8 Å². The van der Waals surface area contributed by atoms with Gasteiger partial charge < -0.3 is 80.1 Å². The normalized spacial score (nSPS) is 23.2. The molecule has 25 heteroatoms. The Hall–Kier alpha value is -9.81. The van der Waals surface area contributed by atoms with Gasteiger partial charge in [-0.05, 0) is 161 Å². The average Bonchev–Trinajstić information content (AvgIpc) is 0.754. The molecule has 16 atom stereocenters. The summed E-state index contributed by atoms with van der Waals surface area (Å²) in [4.78, 5) is 72.1. The van der Waals surface area contributed by atoms with Gasteiger partial charge in [0.15, 0.2) is 31.1 Å². The fraction of sp³-hybridized carbons (Fsp3) is 0.438. The zero-order valence-electron chi connectivity index (χ0n) is 70.5. The van der Waals surface area contributed by atoms with Crippen LogP contribution in [0.3, 0.4) is 0 Å².